The summed E-state index contributed by atoms with van der Waals surface area (Å²) in [5.41, 5.74) is 2.75. The second kappa shape index (κ2) is 9.35. The van der Waals surface area contributed by atoms with Crippen molar-refractivity contribution >= 4 is 17.4 Å². The van der Waals surface area contributed by atoms with E-state index in [-0.39, 0.29) is 11.8 Å². The minimum absolute atomic E-state index is 0.202. The highest BCUT2D eigenvalue weighted by Gasteiger charge is 2.42. The Hall–Kier alpha value is -3.12. The first-order valence-electron chi connectivity index (χ1n) is 10.9. The van der Waals surface area contributed by atoms with Gasteiger partial charge in [0.05, 0.1) is 12.7 Å². The maximum absolute atomic E-state index is 13.5. The first kappa shape index (κ1) is 21.1. The smallest absolute Gasteiger partial charge is 0.277 e. The van der Waals surface area contributed by atoms with Crippen LogP contribution in [0, 0.1) is 0 Å². The molecule has 0 spiro atoms. The Labute approximate surface area is 183 Å². The van der Waals surface area contributed by atoms with Crippen molar-refractivity contribution < 1.29 is 14.3 Å². The summed E-state index contributed by atoms with van der Waals surface area (Å²) < 4.78 is 5.53. The van der Waals surface area contributed by atoms with Crippen LogP contribution in [0.2, 0.25) is 0 Å². The molecule has 1 fully saturated rings. The van der Waals surface area contributed by atoms with Crippen molar-refractivity contribution in [1.82, 2.24) is 14.7 Å². The van der Waals surface area contributed by atoms with Crippen molar-refractivity contribution in [3.8, 4) is 5.75 Å². The van der Waals surface area contributed by atoms with Crippen molar-refractivity contribution in [2.45, 2.75) is 13.3 Å². The monoisotopic (exact) mass is 419 g/mol. The molecular formula is C25H29N3O3. The van der Waals surface area contributed by atoms with Crippen LogP contribution in [0.4, 0.5) is 0 Å². The van der Waals surface area contributed by atoms with Gasteiger partial charge in [-0.3, -0.25) is 14.5 Å². The van der Waals surface area contributed by atoms with Crippen molar-refractivity contribution in [3.05, 3.63) is 71.4 Å². The molecule has 31 heavy (non-hydrogen) atoms. The van der Waals surface area contributed by atoms with E-state index >= 15 is 0 Å². The molecule has 1 saturated heterocycles. The average Bonchev–Trinajstić information content (AvgIpc) is 3.07. The average molecular weight is 420 g/mol. The number of hydrogen-bond acceptors (Lipinski definition) is 5. The van der Waals surface area contributed by atoms with Crippen molar-refractivity contribution in [3.63, 3.8) is 0 Å². The summed E-state index contributed by atoms with van der Waals surface area (Å²) in [7, 11) is 1.59. The number of amides is 2. The molecule has 0 radical (unpaired) electrons. The van der Waals surface area contributed by atoms with Crippen LogP contribution in [0.3, 0.4) is 0 Å². The summed E-state index contributed by atoms with van der Waals surface area (Å²) >= 11 is 0. The molecule has 2 aromatic rings. The normalized spacial score (nSPS) is 17.6. The lowest BCUT2D eigenvalue weighted by atomic mass is 10.0. The fourth-order valence-electron chi connectivity index (χ4n) is 4.33. The van der Waals surface area contributed by atoms with E-state index < -0.39 is 0 Å². The summed E-state index contributed by atoms with van der Waals surface area (Å²) in [6, 6.07) is 17.4. The number of para-hydroxylation sites is 1. The molecule has 162 valence electrons. The Bertz CT molecular complexity index is 979. The van der Waals surface area contributed by atoms with Gasteiger partial charge in [-0.25, -0.2) is 0 Å². The van der Waals surface area contributed by atoms with E-state index in [0.29, 0.717) is 35.5 Å². The second-order valence-electron chi connectivity index (χ2n) is 7.84. The third-order valence-electron chi connectivity index (χ3n) is 6.12. The van der Waals surface area contributed by atoms with Gasteiger partial charge < -0.3 is 14.5 Å². The molecule has 2 aromatic carbocycles. The standard InChI is InChI=1S/C25H29N3O3/c1-3-26-15-17-27(18-16-26)23-22(20-11-7-8-12-21(20)31-2)24(29)28(25(23)30)14-13-19-9-5-4-6-10-19/h4-12H,3,13-18H2,1-2H3. The van der Waals surface area contributed by atoms with Crippen LogP contribution in [-0.2, 0) is 16.0 Å². The van der Waals surface area contributed by atoms with Crippen LogP contribution in [0.1, 0.15) is 18.1 Å². The highest BCUT2D eigenvalue weighted by Crippen LogP contribution is 2.36. The number of benzene rings is 2. The third-order valence-corrected chi connectivity index (χ3v) is 6.12. The lowest BCUT2D eigenvalue weighted by Crippen LogP contribution is -2.47. The quantitative estimate of drug-likeness (QED) is 0.646. The van der Waals surface area contributed by atoms with E-state index in [1.54, 1.807) is 7.11 Å². The molecule has 2 amide bonds. The van der Waals surface area contributed by atoms with Crippen LogP contribution in [0.5, 0.6) is 5.75 Å². The SMILES string of the molecule is CCN1CCN(C2=C(c3ccccc3OC)C(=O)N(CCc3ccccc3)C2=O)CC1. The molecule has 0 bridgehead atoms. The largest absolute Gasteiger partial charge is 0.496 e. The van der Waals surface area contributed by atoms with Gasteiger partial charge in [-0.2, -0.15) is 0 Å². The van der Waals surface area contributed by atoms with Crippen LogP contribution >= 0.6 is 0 Å². The first-order valence-corrected chi connectivity index (χ1v) is 10.9. The van der Waals surface area contributed by atoms with Gasteiger partial charge in [-0.1, -0.05) is 55.5 Å². The third kappa shape index (κ3) is 4.21. The van der Waals surface area contributed by atoms with Gasteiger partial charge in [0.25, 0.3) is 11.8 Å². The molecular weight excluding hydrogens is 390 g/mol. The van der Waals surface area contributed by atoms with E-state index in [2.05, 4.69) is 16.7 Å². The number of carbonyl (C=O) groups is 2. The summed E-state index contributed by atoms with van der Waals surface area (Å²) in [4.78, 5) is 32.9. The molecule has 0 unspecified atom stereocenters. The summed E-state index contributed by atoms with van der Waals surface area (Å²) in [6.07, 6.45) is 0.633. The predicted molar refractivity (Wildman–Crippen MR) is 120 cm³/mol. The van der Waals surface area contributed by atoms with Gasteiger partial charge in [0.15, 0.2) is 0 Å². The van der Waals surface area contributed by atoms with E-state index in [1.165, 1.54) is 4.90 Å². The summed E-state index contributed by atoms with van der Waals surface area (Å²) in [6.45, 7) is 6.71. The molecule has 0 N–H and O–H groups in total. The van der Waals surface area contributed by atoms with Crippen LogP contribution < -0.4 is 4.74 Å². The van der Waals surface area contributed by atoms with Crippen molar-refractivity contribution in [2.24, 2.45) is 0 Å². The van der Waals surface area contributed by atoms with Gasteiger partial charge in [0.1, 0.15) is 11.4 Å². The highest BCUT2D eigenvalue weighted by atomic mass is 16.5. The number of rotatable bonds is 7. The highest BCUT2D eigenvalue weighted by molar-refractivity contribution is 6.36. The molecule has 2 aliphatic heterocycles. The lowest BCUT2D eigenvalue weighted by Gasteiger charge is -2.36. The zero-order valence-corrected chi connectivity index (χ0v) is 18.2. The number of nitrogens with zero attached hydrogens (tertiary/aromatic N) is 3. The minimum Gasteiger partial charge on any atom is -0.496 e. The zero-order valence-electron chi connectivity index (χ0n) is 18.2. The van der Waals surface area contributed by atoms with Gasteiger partial charge in [-0.15, -0.1) is 0 Å². The first-order chi connectivity index (χ1) is 15.1. The van der Waals surface area contributed by atoms with Gasteiger partial charge >= 0.3 is 0 Å². The summed E-state index contributed by atoms with van der Waals surface area (Å²) in [5, 5.41) is 0. The molecule has 0 saturated carbocycles. The molecule has 6 heteroatoms. The second-order valence-corrected chi connectivity index (χ2v) is 7.84. The Morgan fingerprint density at radius 1 is 0.871 bits per heavy atom. The number of methoxy groups -OCH3 is 1. The van der Waals surface area contributed by atoms with Crippen molar-refractivity contribution in [2.75, 3.05) is 46.4 Å². The molecule has 2 aliphatic rings. The summed E-state index contributed by atoms with van der Waals surface area (Å²) in [5.74, 6) is 0.165. The van der Waals surface area contributed by atoms with E-state index in [1.807, 2.05) is 54.6 Å². The zero-order chi connectivity index (χ0) is 21.8. The number of hydrogen-bond donors (Lipinski definition) is 0. The van der Waals surface area contributed by atoms with E-state index in [4.69, 9.17) is 4.74 Å². The molecule has 2 heterocycles. The fraction of sp³-hybridized carbons (Fsp3) is 0.360. The Morgan fingerprint density at radius 2 is 1.55 bits per heavy atom. The number of piperazine rings is 1. The van der Waals surface area contributed by atoms with E-state index in [9.17, 15) is 9.59 Å². The fourth-order valence-corrected chi connectivity index (χ4v) is 4.33. The van der Waals surface area contributed by atoms with E-state index in [0.717, 1.165) is 38.3 Å². The number of likely N-dealkylation sites (N-methyl/N-ethyl adjacent to an activating group) is 1. The number of imide groups is 1. The van der Waals surface area contributed by atoms with Crippen molar-refractivity contribution in [1.29, 1.82) is 0 Å². The lowest BCUT2D eigenvalue weighted by molar-refractivity contribution is -0.137. The predicted octanol–water partition coefficient (Wildman–Crippen LogP) is 2.66. The van der Waals surface area contributed by atoms with Crippen LogP contribution in [-0.4, -0.2) is 72.9 Å². The van der Waals surface area contributed by atoms with Crippen LogP contribution in [0.15, 0.2) is 60.3 Å². The van der Waals surface area contributed by atoms with Gasteiger partial charge in [0, 0.05) is 38.3 Å². The van der Waals surface area contributed by atoms with Gasteiger partial charge in [-0.05, 0) is 24.6 Å². The van der Waals surface area contributed by atoms with Gasteiger partial charge in [0.2, 0.25) is 0 Å². The Balaban J connectivity index is 1.67. The Kier molecular flexibility index (Phi) is 6.37. The van der Waals surface area contributed by atoms with Crippen LogP contribution in [0.25, 0.3) is 5.57 Å². The maximum Gasteiger partial charge on any atom is 0.277 e. The maximum atomic E-state index is 13.5. The topological polar surface area (TPSA) is 53.1 Å². The molecule has 0 atom stereocenters. The minimum atomic E-state index is -0.238. The number of carbonyl (C=O) groups excluding carboxylic acids is 2. The molecule has 0 aromatic heterocycles. The molecule has 4 rings (SSSR count). The number of ether oxygens (including phenoxy) is 1. The molecule has 6 nitrogen and oxygen atoms in total. The molecule has 0 aliphatic carbocycles. The Morgan fingerprint density at radius 3 is 2.23 bits per heavy atom.